The number of aryl methyl sites for hydroxylation is 1. The molecule has 0 saturated heterocycles. The van der Waals surface area contributed by atoms with E-state index in [0.29, 0.717) is 0 Å². The van der Waals surface area contributed by atoms with Gasteiger partial charge in [0.15, 0.2) is 0 Å². The SMILES string of the molecule is CCc1cnc(CNCC(C)CC)o1. The molecule has 1 N–H and O–H groups in total. The van der Waals surface area contributed by atoms with Crippen molar-refractivity contribution in [1.29, 1.82) is 0 Å². The van der Waals surface area contributed by atoms with Gasteiger partial charge in [0.05, 0.1) is 12.7 Å². The second-order valence-electron chi connectivity index (χ2n) is 3.72. The first-order valence-electron chi connectivity index (χ1n) is 5.40. The molecule has 1 aromatic rings. The van der Waals surface area contributed by atoms with Crippen LogP contribution >= 0.6 is 0 Å². The summed E-state index contributed by atoms with van der Waals surface area (Å²) in [5.74, 6) is 2.48. The first kappa shape index (κ1) is 11.2. The van der Waals surface area contributed by atoms with E-state index >= 15 is 0 Å². The summed E-state index contributed by atoms with van der Waals surface area (Å²) in [4.78, 5) is 4.18. The Morgan fingerprint density at radius 2 is 2.29 bits per heavy atom. The lowest BCUT2D eigenvalue weighted by molar-refractivity contribution is 0.420. The van der Waals surface area contributed by atoms with Crippen LogP contribution in [0, 0.1) is 5.92 Å². The minimum Gasteiger partial charge on any atom is -0.444 e. The second kappa shape index (κ2) is 5.81. The summed E-state index contributed by atoms with van der Waals surface area (Å²) in [5, 5.41) is 3.33. The molecule has 0 aliphatic rings. The first-order chi connectivity index (χ1) is 6.76. The van der Waals surface area contributed by atoms with E-state index in [-0.39, 0.29) is 0 Å². The normalized spacial score (nSPS) is 13.1. The third-order valence-electron chi connectivity index (χ3n) is 2.42. The molecule has 1 atom stereocenters. The van der Waals surface area contributed by atoms with Crippen LogP contribution in [0.3, 0.4) is 0 Å². The van der Waals surface area contributed by atoms with Gasteiger partial charge in [-0.1, -0.05) is 27.2 Å². The summed E-state index contributed by atoms with van der Waals surface area (Å²) >= 11 is 0. The van der Waals surface area contributed by atoms with E-state index in [1.165, 1.54) is 6.42 Å². The highest BCUT2D eigenvalue weighted by molar-refractivity contribution is 4.93. The van der Waals surface area contributed by atoms with Gasteiger partial charge in [0.2, 0.25) is 5.89 Å². The van der Waals surface area contributed by atoms with E-state index < -0.39 is 0 Å². The van der Waals surface area contributed by atoms with E-state index in [0.717, 1.165) is 37.1 Å². The Bertz CT molecular complexity index is 258. The van der Waals surface area contributed by atoms with Gasteiger partial charge in [0, 0.05) is 6.42 Å². The Hall–Kier alpha value is -0.830. The Morgan fingerprint density at radius 1 is 1.50 bits per heavy atom. The molecule has 0 amide bonds. The average molecular weight is 196 g/mol. The van der Waals surface area contributed by atoms with Gasteiger partial charge in [-0.15, -0.1) is 0 Å². The number of nitrogens with one attached hydrogen (secondary N) is 1. The van der Waals surface area contributed by atoms with E-state index in [1.54, 1.807) is 6.20 Å². The predicted octanol–water partition coefficient (Wildman–Crippen LogP) is 2.37. The van der Waals surface area contributed by atoms with Crippen LogP contribution in [0.5, 0.6) is 0 Å². The van der Waals surface area contributed by atoms with E-state index in [4.69, 9.17) is 4.42 Å². The second-order valence-corrected chi connectivity index (χ2v) is 3.72. The summed E-state index contributed by atoms with van der Waals surface area (Å²) < 4.78 is 5.47. The van der Waals surface area contributed by atoms with Crippen LogP contribution in [-0.2, 0) is 13.0 Å². The molecule has 0 bridgehead atoms. The molecule has 1 heterocycles. The van der Waals surface area contributed by atoms with Crippen molar-refractivity contribution in [1.82, 2.24) is 10.3 Å². The topological polar surface area (TPSA) is 38.1 Å². The molecule has 3 heteroatoms. The molecule has 1 unspecified atom stereocenters. The number of rotatable bonds is 6. The molecule has 14 heavy (non-hydrogen) atoms. The maximum Gasteiger partial charge on any atom is 0.208 e. The lowest BCUT2D eigenvalue weighted by atomic mass is 10.1. The minimum absolute atomic E-state index is 0.718. The monoisotopic (exact) mass is 196 g/mol. The van der Waals surface area contributed by atoms with Crippen molar-refractivity contribution in [2.45, 2.75) is 40.2 Å². The maximum absolute atomic E-state index is 5.47. The van der Waals surface area contributed by atoms with Gasteiger partial charge in [0.1, 0.15) is 5.76 Å². The number of aromatic nitrogens is 1. The summed E-state index contributed by atoms with van der Waals surface area (Å²) in [6.45, 7) is 8.27. The van der Waals surface area contributed by atoms with Gasteiger partial charge >= 0.3 is 0 Å². The molecule has 0 aromatic carbocycles. The van der Waals surface area contributed by atoms with Crippen molar-refractivity contribution < 1.29 is 4.42 Å². The van der Waals surface area contributed by atoms with E-state index in [2.05, 4.69) is 31.1 Å². The smallest absolute Gasteiger partial charge is 0.208 e. The van der Waals surface area contributed by atoms with Crippen LogP contribution in [0.2, 0.25) is 0 Å². The molecular formula is C11H20N2O. The van der Waals surface area contributed by atoms with Crippen molar-refractivity contribution in [2.24, 2.45) is 5.92 Å². The summed E-state index contributed by atoms with van der Waals surface area (Å²) in [6.07, 6.45) is 3.93. The fraction of sp³-hybridized carbons (Fsp3) is 0.727. The van der Waals surface area contributed by atoms with Gasteiger partial charge in [-0.3, -0.25) is 0 Å². The number of oxazole rings is 1. The number of hydrogen-bond donors (Lipinski definition) is 1. The molecule has 0 aliphatic carbocycles. The average Bonchev–Trinajstić information content (AvgIpc) is 2.65. The van der Waals surface area contributed by atoms with E-state index in [9.17, 15) is 0 Å². The van der Waals surface area contributed by atoms with Crippen LogP contribution in [0.25, 0.3) is 0 Å². The predicted molar refractivity (Wildman–Crippen MR) is 57.0 cm³/mol. The van der Waals surface area contributed by atoms with E-state index in [1.807, 2.05) is 0 Å². The molecule has 80 valence electrons. The standard InChI is InChI=1S/C11H20N2O/c1-4-9(3)6-12-8-11-13-7-10(5-2)14-11/h7,9,12H,4-6,8H2,1-3H3. The van der Waals surface area contributed by atoms with Crippen molar-refractivity contribution in [3.63, 3.8) is 0 Å². The lowest BCUT2D eigenvalue weighted by Gasteiger charge is -2.07. The van der Waals surface area contributed by atoms with Gasteiger partial charge < -0.3 is 9.73 Å². The molecular weight excluding hydrogens is 176 g/mol. The highest BCUT2D eigenvalue weighted by Crippen LogP contribution is 2.04. The van der Waals surface area contributed by atoms with Gasteiger partial charge in [-0.05, 0) is 12.5 Å². The fourth-order valence-corrected chi connectivity index (χ4v) is 1.16. The first-order valence-corrected chi connectivity index (χ1v) is 5.40. The molecule has 0 aliphatic heterocycles. The Balaban J connectivity index is 2.24. The van der Waals surface area contributed by atoms with Crippen LogP contribution < -0.4 is 5.32 Å². The zero-order valence-corrected chi connectivity index (χ0v) is 9.34. The van der Waals surface area contributed by atoms with Crippen molar-refractivity contribution >= 4 is 0 Å². The van der Waals surface area contributed by atoms with Crippen molar-refractivity contribution in [3.8, 4) is 0 Å². The fourth-order valence-electron chi connectivity index (χ4n) is 1.16. The molecule has 0 spiro atoms. The van der Waals surface area contributed by atoms with Gasteiger partial charge in [-0.25, -0.2) is 4.98 Å². The summed E-state index contributed by atoms with van der Waals surface area (Å²) in [7, 11) is 0. The minimum atomic E-state index is 0.718. The highest BCUT2D eigenvalue weighted by atomic mass is 16.4. The summed E-state index contributed by atoms with van der Waals surface area (Å²) in [5.41, 5.74) is 0. The largest absolute Gasteiger partial charge is 0.444 e. The maximum atomic E-state index is 5.47. The summed E-state index contributed by atoms with van der Waals surface area (Å²) in [6, 6.07) is 0. The number of nitrogens with zero attached hydrogens (tertiary/aromatic N) is 1. The van der Waals surface area contributed by atoms with Gasteiger partial charge in [0.25, 0.3) is 0 Å². The quantitative estimate of drug-likeness (QED) is 0.759. The molecule has 3 nitrogen and oxygen atoms in total. The van der Waals surface area contributed by atoms with Crippen LogP contribution in [-0.4, -0.2) is 11.5 Å². The third kappa shape index (κ3) is 3.50. The molecule has 1 rings (SSSR count). The Labute approximate surface area is 85.9 Å². The van der Waals surface area contributed by atoms with Crippen LogP contribution in [0.15, 0.2) is 10.6 Å². The zero-order chi connectivity index (χ0) is 10.4. The Kier molecular flexibility index (Phi) is 4.66. The molecule has 0 fully saturated rings. The zero-order valence-electron chi connectivity index (χ0n) is 9.34. The number of hydrogen-bond acceptors (Lipinski definition) is 3. The molecule has 1 aromatic heterocycles. The van der Waals surface area contributed by atoms with Crippen molar-refractivity contribution in [2.75, 3.05) is 6.54 Å². The third-order valence-corrected chi connectivity index (χ3v) is 2.42. The van der Waals surface area contributed by atoms with Crippen LogP contribution in [0.1, 0.15) is 38.8 Å². The molecule has 0 radical (unpaired) electrons. The van der Waals surface area contributed by atoms with Crippen molar-refractivity contribution in [3.05, 3.63) is 17.8 Å². The lowest BCUT2D eigenvalue weighted by Crippen LogP contribution is -2.20. The Morgan fingerprint density at radius 3 is 2.86 bits per heavy atom. The van der Waals surface area contributed by atoms with Crippen LogP contribution in [0.4, 0.5) is 0 Å². The molecule has 0 saturated carbocycles. The highest BCUT2D eigenvalue weighted by Gasteiger charge is 2.02. The van der Waals surface area contributed by atoms with Gasteiger partial charge in [-0.2, -0.15) is 0 Å².